The van der Waals surface area contributed by atoms with E-state index in [2.05, 4.69) is 0 Å². The molecule has 1 fully saturated rings. The van der Waals surface area contributed by atoms with Gasteiger partial charge in [-0.05, 0) is 48.4 Å². The molecule has 2 aromatic carbocycles. The molecular weight excluding hydrogens is 367 g/mol. The minimum absolute atomic E-state index is 0.0121. The fourth-order valence-corrected chi connectivity index (χ4v) is 4.50. The number of hydrogen-bond donors (Lipinski definition) is 0. The number of carbonyl (C=O) groups is 1. The smallest absolute Gasteiger partial charge is 0.178 e. The molecule has 0 N–H and O–H groups in total. The van der Waals surface area contributed by atoms with Crippen molar-refractivity contribution in [3.05, 3.63) is 65.5 Å². The molecule has 26 heavy (non-hydrogen) atoms. The number of nitrogens with zero attached hydrogens (tertiary/aromatic N) is 1. The highest BCUT2D eigenvalue weighted by molar-refractivity contribution is 7.91. The van der Waals surface area contributed by atoms with Gasteiger partial charge in [-0.3, -0.25) is 9.69 Å². The fraction of sp³-hybridized carbons (Fsp3) is 0.278. The number of hydrogen-bond acceptors (Lipinski definition) is 4. The quantitative estimate of drug-likeness (QED) is 0.569. The van der Waals surface area contributed by atoms with Crippen molar-refractivity contribution < 1.29 is 26.4 Å². The van der Waals surface area contributed by atoms with E-state index in [0.29, 0.717) is 13.1 Å². The van der Waals surface area contributed by atoms with Crippen LogP contribution >= 0.6 is 0 Å². The normalized spacial score (nSPS) is 15.7. The molecule has 1 aliphatic rings. The van der Waals surface area contributed by atoms with Crippen LogP contribution in [0.1, 0.15) is 10.4 Å². The van der Waals surface area contributed by atoms with Gasteiger partial charge in [-0.25, -0.2) is 21.6 Å². The van der Waals surface area contributed by atoms with Crippen molar-refractivity contribution in [2.75, 3.05) is 25.4 Å². The van der Waals surface area contributed by atoms with Crippen LogP contribution < -0.4 is 0 Å². The van der Waals surface area contributed by atoms with E-state index in [1.165, 1.54) is 18.2 Å². The van der Waals surface area contributed by atoms with Crippen molar-refractivity contribution in [2.24, 2.45) is 5.92 Å². The first kappa shape index (κ1) is 18.6. The molecular formula is C18H16F3NO3S. The lowest BCUT2D eigenvalue weighted by Gasteiger charge is -2.38. The standard InChI is InChI=1S/C18H16F3NO3S/c19-14-2-4-15(5-3-14)26(24,25)11-12-8-22(9-12)10-18(23)13-1-6-16(20)17(21)7-13/h1-7,12H,8-11H2. The highest BCUT2D eigenvalue weighted by Crippen LogP contribution is 2.22. The topological polar surface area (TPSA) is 54.5 Å². The SMILES string of the molecule is O=C(CN1CC(CS(=O)(=O)c2ccc(F)cc2)C1)c1ccc(F)c(F)c1. The Morgan fingerprint density at radius 1 is 1.00 bits per heavy atom. The molecule has 0 spiro atoms. The van der Waals surface area contributed by atoms with Gasteiger partial charge in [-0.2, -0.15) is 0 Å². The van der Waals surface area contributed by atoms with Gasteiger partial charge in [0.2, 0.25) is 0 Å². The molecule has 4 nitrogen and oxygen atoms in total. The Labute approximate surface area is 149 Å². The van der Waals surface area contributed by atoms with Crippen molar-refractivity contribution in [3.63, 3.8) is 0 Å². The lowest BCUT2D eigenvalue weighted by Crippen LogP contribution is -2.51. The molecule has 1 aliphatic heterocycles. The van der Waals surface area contributed by atoms with Gasteiger partial charge in [-0.1, -0.05) is 0 Å². The molecule has 138 valence electrons. The lowest BCUT2D eigenvalue weighted by atomic mass is 10.0. The Bertz CT molecular complexity index is 923. The zero-order valence-corrected chi connectivity index (χ0v) is 14.5. The van der Waals surface area contributed by atoms with Crippen LogP contribution in [0.25, 0.3) is 0 Å². The zero-order valence-electron chi connectivity index (χ0n) is 13.7. The van der Waals surface area contributed by atoms with E-state index in [1.54, 1.807) is 4.90 Å². The molecule has 0 aliphatic carbocycles. The molecule has 0 atom stereocenters. The van der Waals surface area contributed by atoms with Crippen molar-refractivity contribution in [2.45, 2.75) is 4.90 Å². The van der Waals surface area contributed by atoms with Crippen molar-refractivity contribution in [3.8, 4) is 0 Å². The van der Waals surface area contributed by atoms with Gasteiger partial charge in [0, 0.05) is 18.7 Å². The summed E-state index contributed by atoms with van der Waals surface area (Å²) in [6.07, 6.45) is 0. The average Bonchev–Trinajstić information content (AvgIpc) is 2.55. The van der Waals surface area contributed by atoms with Gasteiger partial charge in [-0.15, -0.1) is 0 Å². The van der Waals surface area contributed by atoms with Crippen molar-refractivity contribution in [1.82, 2.24) is 4.90 Å². The molecule has 1 saturated heterocycles. The highest BCUT2D eigenvalue weighted by Gasteiger charge is 2.32. The maximum Gasteiger partial charge on any atom is 0.178 e. The Hall–Kier alpha value is -2.19. The van der Waals surface area contributed by atoms with E-state index < -0.39 is 27.3 Å². The maximum absolute atomic E-state index is 13.2. The Kier molecular flexibility index (Phi) is 5.15. The molecule has 0 amide bonds. The number of halogens is 3. The maximum atomic E-state index is 13.2. The molecule has 0 bridgehead atoms. The summed E-state index contributed by atoms with van der Waals surface area (Å²) >= 11 is 0. The van der Waals surface area contributed by atoms with Gasteiger partial charge in [0.25, 0.3) is 0 Å². The summed E-state index contributed by atoms with van der Waals surface area (Å²) < 4.78 is 63.5. The predicted molar refractivity (Wildman–Crippen MR) is 89.1 cm³/mol. The second kappa shape index (κ2) is 7.20. The molecule has 0 saturated carbocycles. The van der Waals surface area contributed by atoms with E-state index in [9.17, 15) is 26.4 Å². The first-order chi connectivity index (χ1) is 12.2. The Morgan fingerprint density at radius 3 is 2.27 bits per heavy atom. The van der Waals surface area contributed by atoms with Crippen LogP contribution in [0.5, 0.6) is 0 Å². The van der Waals surface area contributed by atoms with Gasteiger partial charge in [0.05, 0.1) is 17.2 Å². The monoisotopic (exact) mass is 383 g/mol. The van der Waals surface area contributed by atoms with Gasteiger partial charge >= 0.3 is 0 Å². The third-order valence-electron chi connectivity index (χ3n) is 4.27. The minimum Gasteiger partial charge on any atom is -0.295 e. The number of Topliss-reactive ketones (excluding diaryl/α,β-unsaturated/α-hetero) is 1. The second-order valence-electron chi connectivity index (χ2n) is 6.35. The van der Waals surface area contributed by atoms with Crippen LogP contribution in [0.4, 0.5) is 13.2 Å². The third kappa shape index (κ3) is 4.13. The first-order valence-electron chi connectivity index (χ1n) is 7.93. The number of carbonyl (C=O) groups excluding carboxylic acids is 1. The molecule has 0 aromatic heterocycles. The molecule has 8 heteroatoms. The van der Waals surface area contributed by atoms with Crippen LogP contribution in [0, 0.1) is 23.4 Å². The van der Waals surface area contributed by atoms with Crippen LogP contribution in [0.15, 0.2) is 47.4 Å². The number of likely N-dealkylation sites (tertiary alicyclic amines) is 1. The number of ketones is 1. The largest absolute Gasteiger partial charge is 0.295 e. The number of benzene rings is 2. The lowest BCUT2D eigenvalue weighted by molar-refractivity contribution is 0.0770. The van der Waals surface area contributed by atoms with Gasteiger partial charge in [0.15, 0.2) is 27.3 Å². The van der Waals surface area contributed by atoms with Gasteiger partial charge in [0.1, 0.15) is 5.82 Å². The summed E-state index contributed by atoms with van der Waals surface area (Å²) in [5, 5.41) is 0. The molecule has 2 aromatic rings. The van der Waals surface area contributed by atoms with Crippen LogP contribution in [-0.4, -0.2) is 44.5 Å². The predicted octanol–water partition coefficient (Wildman–Crippen LogP) is 2.69. The van der Waals surface area contributed by atoms with E-state index >= 15 is 0 Å². The highest BCUT2D eigenvalue weighted by atomic mass is 32.2. The van der Waals surface area contributed by atoms with Crippen LogP contribution in [0.3, 0.4) is 0 Å². The summed E-state index contributed by atoms with van der Waals surface area (Å²) in [6.45, 7) is 0.837. The average molecular weight is 383 g/mol. The summed E-state index contributed by atoms with van der Waals surface area (Å²) in [7, 11) is -3.52. The zero-order chi connectivity index (χ0) is 18.9. The van der Waals surface area contributed by atoms with E-state index in [1.807, 2.05) is 0 Å². The second-order valence-corrected chi connectivity index (χ2v) is 8.38. The van der Waals surface area contributed by atoms with Crippen LogP contribution in [0.2, 0.25) is 0 Å². The summed E-state index contributed by atoms with van der Waals surface area (Å²) in [5.74, 6) is -3.19. The Balaban J connectivity index is 1.53. The summed E-state index contributed by atoms with van der Waals surface area (Å²) in [5.41, 5.74) is 0.0753. The number of rotatable bonds is 6. The summed E-state index contributed by atoms with van der Waals surface area (Å²) in [4.78, 5) is 13.9. The van der Waals surface area contributed by atoms with E-state index in [0.717, 1.165) is 24.3 Å². The van der Waals surface area contributed by atoms with E-state index in [-0.39, 0.29) is 34.5 Å². The Morgan fingerprint density at radius 2 is 1.65 bits per heavy atom. The first-order valence-corrected chi connectivity index (χ1v) is 9.59. The van der Waals surface area contributed by atoms with Gasteiger partial charge < -0.3 is 0 Å². The fourth-order valence-electron chi connectivity index (χ4n) is 2.92. The van der Waals surface area contributed by atoms with E-state index in [4.69, 9.17) is 0 Å². The molecule has 1 heterocycles. The molecule has 3 rings (SSSR count). The third-order valence-corrected chi connectivity index (χ3v) is 6.17. The number of sulfone groups is 1. The minimum atomic E-state index is -3.52. The molecule has 0 radical (unpaired) electrons. The van der Waals surface area contributed by atoms with Crippen LogP contribution in [-0.2, 0) is 9.84 Å². The van der Waals surface area contributed by atoms with Crippen molar-refractivity contribution in [1.29, 1.82) is 0 Å². The summed E-state index contributed by atoms with van der Waals surface area (Å²) in [6, 6.07) is 7.63. The molecule has 0 unspecified atom stereocenters. The van der Waals surface area contributed by atoms with Crippen molar-refractivity contribution >= 4 is 15.6 Å².